The molecule has 1 aromatic rings. The van der Waals surface area contributed by atoms with Crippen LogP contribution in [-0.2, 0) is 7.05 Å². The van der Waals surface area contributed by atoms with Crippen LogP contribution in [0.5, 0.6) is 0 Å². The van der Waals surface area contributed by atoms with Crippen molar-refractivity contribution in [2.45, 2.75) is 25.3 Å². The van der Waals surface area contributed by atoms with Gasteiger partial charge in [-0.2, -0.15) is 0 Å². The molecule has 1 aromatic heterocycles. The van der Waals surface area contributed by atoms with E-state index in [4.69, 9.17) is 5.73 Å². The van der Waals surface area contributed by atoms with Crippen LogP contribution in [0, 0.1) is 11.8 Å². The molecule has 2 N–H and O–H groups in total. The van der Waals surface area contributed by atoms with E-state index in [0.717, 1.165) is 32.4 Å². The van der Waals surface area contributed by atoms with E-state index in [-0.39, 0.29) is 5.91 Å². The van der Waals surface area contributed by atoms with Crippen molar-refractivity contribution in [3.63, 3.8) is 0 Å². The summed E-state index contributed by atoms with van der Waals surface area (Å²) in [5.41, 5.74) is 6.44. The largest absolute Gasteiger partial charge is 0.337 e. The molecule has 2 aliphatic rings. The molecule has 0 aromatic carbocycles. The van der Waals surface area contributed by atoms with Gasteiger partial charge in [0.15, 0.2) is 5.69 Å². The number of hydrogen-bond donors (Lipinski definition) is 1. The van der Waals surface area contributed by atoms with E-state index < -0.39 is 0 Å². The molecule has 0 bridgehead atoms. The minimum atomic E-state index is 0.00562. The molecule has 1 saturated carbocycles. The summed E-state index contributed by atoms with van der Waals surface area (Å²) >= 11 is 0. The molecule has 1 amide bonds. The van der Waals surface area contributed by atoms with Crippen molar-refractivity contribution in [2.75, 3.05) is 13.1 Å². The third kappa shape index (κ3) is 2.01. The van der Waals surface area contributed by atoms with Crippen LogP contribution in [0.2, 0.25) is 0 Å². The first-order valence-electron chi connectivity index (χ1n) is 6.54. The second kappa shape index (κ2) is 4.35. The van der Waals surface area contributed by atoms with Gasteiger partial charge in [-0.25, -0.2) is 0 Å². The fourth-order valence-electron chi connectivity index (χ4n) is 3.24. The fourth-order valence-corrected chi connectivity index (χ4v) is 3.24. The molecule has 1 aliphatic heterocycles. The smallest absolute Gasteiger partial charge is 0.276 e. The highest BCUT2D eigenvalue weighted by Crippen LogP contribution is 2.35. The van der Waals surface area contributed by atoms with Crippen molar-refractivity contribution in [1.82, 2.24) is 19.9 Å². The summed E-state index contributed by atoms with van der Waals surface area (Å²) in [5, 5.41) is 7.70. The van der Waals surface area contributed by atoms with Gasteiger partial charge in [0.25, 0.3) is 5.91 Å². The Kier molecular flexibility index (Phi) is 2.81. The Bertz CT molecular complexity index is 457. The number of carbonyl (C=O) groups excluding carboxylic acids is 1. The molecule has 3 atom stereocenters. The summed E-state index contributed by atoms with van der Waals surface area (Å²) in [4.78, 5) is 14.2. The second-order valence-corrected chi connectivity index (χ2v) is 5.58. The zero-order valence-corrected chi connectivity index (χ0v) is 10.6. The van der Waals surface area contributed by atoms with E-state index in [2.05, 4.69) is 10.3 Å². The van der Waals surface area contributed by atoms with Gasteiger partial charge >= 0.3 is 0 Å². The van der Waals surface area contributed by atoms with Crippen LogP contribution in [0.3, 0.4) is 0 Å². The highest BCUT2D eigenvalue weighted by Gasteiger charge is 2.39. The van der Waals surface area contributed by atoms with E-state index in [0.29, 0.717) is 23.6 Å². The van der Waals surface area contributed by atoms with Crippen molar-refractivity contribution >= 4 is 5.91 Å². The predicted molar refractivity (Wildman–Crippen MR) is 65.7 cm³/mol. The van der Waals surface area contributed by atoms with Crippen LogP contribution in [-0.4, -0.2) is 44.9 Å². The molecule has 18 heavy (non-hydrogen) atoms. The third-order valence-corrected chi connectivity index (χ3v) is 4.20. The number of aromatic nitrogens is 3. The van der Waals surface area contributed by atoms with Crippen LogP contribution in [0.1, 0.15) is 29.8 Å². The van der Waals surface area contributed by atoms with Gasteiger partial charge in [0.1, 0.15) is 0 Å². The van der Waals surface area contributed by atoms with Crippen LogP contribution in [0.15, 0.2) is 6.20 Å². The highest BCUT2D eigenvalue weighted by molar-refractivity contribution is 5.92. The summed E-state index contributed by atoms with van der Waals surface area (Å²) in [6, 6.07) is 0.317. The summed E-state index contributed by atoms with van der Waals surface area (Å²) in [5.74, 6) is 1.21. The molecule has 1 aliphatic carbocycles. The normalized spacial score (nSPS) is 31.4. The molecule has 3 rings (SSSR count). The Hall–Kier alpha value is -1.43. The summed E-state index contributed by atoms with van der Waals surface area (Å²) in [7, 11) is 1.77. The zero-order valence-electron chi connectivity index (χ0n) is 10.6. The number of rotatable bonds is 1. The van der Waals surface area contributed by atoms with Gasteiger partial charge in [-0.15, -0.1) is 5.10 Å². The lowest BCUT2D eigenvalue weighted by molar-refractivity contribution is 0.0778. The van der Waals surface area contributed by atoms with E-state index in [1.165, 1.54) is 0 Å². The van der Waals surface area contributed by atoms with Crippen molar-refractivity contribution in [3.8, 4) is 0 Å². The molecule has 6 nitrogen and oxygen atoms in total. The maximum atomic E-state index is 12.3. The van der Waals surface area contributed by atoms with Gasteiger partial charge in [0.2, 0.25) is 0 Å². The third-order valence-electron chi connectivity index (χ3n) is 4.20. The number of aryl methyl sites for hydroxylation is 1. The van der Waals surface area contributed by atoms with Crippen molar-refractivity contribution < 1.29 is 4.79 Å². The Morgan fingerprint density at radius 2 is 2.17 bits per heavy atom. The minimum absolute atomic E-state index is 0.00562. The molecule has 2 heterocycles. The van der Waals surface area contributed by atoms with Crippen LogP contribution < -0.4 is 5.73 Å². The molecule has 98 valence electrons. The van der Waals surface area contributed by atoms with Gasteiger partial charge < -0.3 is 10.6 Å². The van der Waals surface area contributed by atoms with Crippen LogP contribution >= 0.6 is 0 Å². The highest BCUT2D eigenvalue weighted by atomic mass is 16.2. The number of amides is 1. The number of hydrogen-bond acceptors (Lipinski definition) is 4. The van der Waals surface area contributed by atoms with E-state index in [9.17, 15) is 4.79 Å². The van der Waals surface area contributed by atoms with Gasteiger partial charge in [-0.05, 0) is 31.1 Å². The molecule has 1 unspecified atom stereocenters. The number of nitrogens with two attached hydrogens (primary N) is 1. The van der Waals surface area contributed by atoms with Crippen molar-refractivity contribution in [3.05, 3.63) is 11.9 Å². The van der Waals surface area contributed by atoms with Gasteiger partial charge in [-0.1, -0.05) is 5.21 Å². The quantitative estimate of drug-likeness (QED) is 0.761. The average Bonchev–Trinajstić information content (AvgIpc) is 2.93. The number of likely N-dealkylation sites (tertiary alicyclic amines) is 1. The molecular formula is C12H19N5O. The Labute approximate surface area is 106 Å². The van der Waals surface area contributed by atoms with Gasteiger partial charge in [0.05, 0.1) is 6.20 Å². The molecule has 0 spiro atoms. The Morgan fingerprint density at radius 1 is 1.39 bits per heavy atom. The van der Waals surface area contributed by atoms with Gasteiger partial charge in [-0.3, -0.25) is 9.48 Å². The molecule has 6 heteroatoms. The first kappa shape index (κ1) is 11.6. The topological polar surface area (TPSA) is 77.0 Å². The van der Waals surface area contributed by atoms with Crippen LogP contribution in [0.4, 0.5) is 0 Å². The molecule has 2 fully saturated rings. The first-order valence-corrected chi connectivity index (χ1v) is 6.54. The monoisotopic (exact) mass is 249 g/mol. The lowest BCUT2D eigenvalue weighted by atomic mass is 9.79. The maximum absolute atomic E-state index is 12.3. The van der Waals surface area contributed by atoms with E-state index in [1.807, 2.05) is 4.90 Å². The lowest BCUT2D eigenvalue weighted by Crippen LogP contribution is -2.32. The summed E-state index contributed by atoms with van der Waals surface area (Å²) in [6.07, 6.45) is 4.97. The summed E-state index contributed by atoms with van der Waals surface area (Å²) in [6.45, 7) is 1.68. The first-order chi connectivity index (χ1) is 8.63. The Balaban J connectivity index is 1.70. The van der Waals surface area contributed by atoms with E-state index >= 15 is 0 Å². The van der Waals surface area contributed by atoms with Crippen LogP contribution in [0.25, 0.3) is 0 Å². The minimum Gasteiger partial charge on any atom is -0.337 e. The second-order valence-electron chi connectivity index (χ2n) is 5.58. The maximum Gasteiger partial charge on any atom is 0.276 e. The average molecular weight is 249 g/mol. The fraction of sp³-hybridized carbons (Fsp3) is 0.750. The van der Waals surface area contributed by atoms with Crippen molar-refractivity contribution in [1.29, 1.82) is 0 Å². The molecule has 0 radical (unpaired) electrons. The standard InChI is InChI=1S/C12H19N5O/c1-16-7-11(14-15-16)12(18)17-5-8-2-3-10(13)4-9(8)6-17/h7-10H,2-6,13H2,1H3/t8-,9+,10?/m1/s1. The molecule has 1 saturated heterocycles. The summed E-state index contributed by atoms with van der Waals surface area (Å²) < 4.78 is 1.56. The number of nitrogens with zero attached hydrogens (tertiary/aromatic N) is 4. The molecular weight excluding hydrogens is 230 g/mol. The lowest BCUT2D eigenvalue weighted by Gasteiger charge is -2.27. The van der Waals surface area contributed by atoms with Crippen molar-refractivity contribution in [2.24, 2.45) is 24.6 Å². The number of fused-ring (bicyclic) bond motifs is 1. The zero-order chi connectivity index (χ0) is 12.7. The number of carbonyl (C=O) groups is 1. The van der Waals surface area contributed by atoms with Gasteiger partial charge in [0, 0.05) is 26.2 Å². The SMILES string of the molecule is Cn1cc(C(=O)N2C[C@H]3CCC(N)C[C@H]3C2)nn1. The Morgan fingerprint density at radius 3 is 2.89 bits per heavy atom. The predicted octanol–water partition coefficient (Wildman–Crippen LogP) is 0.0145. The van der Waals surface area contributed by atoms with E-state index in [1.54, 1.807) is 17.9 Å².